The number of nitrogens with zero attached hydrogens (tertiary/aromatic N) is 7. The first-order valence-corrected chi connectivity index (χ1v) is 23.4. The predicted octanol–water partition coefficient (Wildman–Crippen LogP) is 15.4. The fraction of sp³-hybridized carbons (Fsp3) is 0.0635. The summed E-state index contributed by atoms with van der Waals surface area (Å²) in [5, 5.41) is 24.1. The molecule has 0 fully saturated rings. The van der Waals surface area contributed by atoms with E-state index < -0.39 is 0 Å². The van der Waals surface area contributed by atoms with Crippen LogP contribution in [0.4, 0.5) is 0 Å². The molecule has 12 aromatic rings. The Labute approximate surface area is 405 Å². The van der Waals surface area contributed by atoms with Gasteiger partial charge >= 0.3 is 0 Å². The summed E-state index contributed by atoms with van der Waals surface area (Å²) in [7, 11) is 0. The van der Waals surface area contributed by atoms with Crippen molar-refractivity contribution in [1.82, 2.24) is 24.1 Å². The molecule has 0 atom stereocenters. The van der Waals surface area contributed by atoms with Gasteiger partial charge in [0.1, 0.15) is 0 Å². The van der Waals surface area contributed by atoms with Gasteiger partial charge in [0.2, 0.25) is 0 Å². The van der Waals surface area contributed by atoms with Gasteiger partial charge in [0.15, 0.2) is 17.5 Å². The second-order valence-electron chi connectivity index (χ2n) is 18.3. The highest BCUT2D eigenvalue weighted by Gasteiger charge is 2.24. The van der Waals surface area contributed by atoms with Crippen LogP contribution in [0.2, 0.25) is 0 Å². The average molecular weight is 898 g/mol. The quantitative estimate of drug-likeness (QED) is 0.159. The van der Waals surface area contributed by atoms with Crippen LogP contribution >= 0.6 is 0 Å². The number of hydrogen-bond donors (Lipinski definition) is 0. The lowest BCUT2D eigenvalue weighted by Gasteiger charge is -2.18. The minimum atomic E-state index is 0.506. The molecular formula is C63H43N7. The maximum absolute atomic E-state index is 9.70. The van der Waals surface area contributed by atoms with Gasteiger partial charge in [-0.1, -0.05) is 113 Å². The highest BCUT2D eigenvalue weighted by Crippen LogP contribution is 2.42. The molecule has 9 aromatic carbocycles. The summed E-state index contributed by atoms with van der Waals surface area (Å²) in [5.41, 5.74) is 18.4. The molecule has 70 heavy (non-hydrogen) atoms. The number of nitriles is 2. The van der Waals surface area contributed by atoms with Crippen LogP contribution in [-0.4, -0.2) is 24.1 Å². The van der Waals surface area contributed by atoms with Gasteiger partial charge in [-0.05, 0) is 147 Å². The first kappa shape index (κ1) is 42.0. The molecule has 0 radical (unpaired) electrons. The van der Waals surface area contributed by atoms with E-state index in [1.54, 1.807) is 0 Å². The van der Waals surface area contributed by atoms with E-state index in [2.05, 4.69) is 158 Å². The lowest BCUT2D eigenvalue weighted by molar-refractivity contribution is 1.06. The molecule has 0 aliphatic heterocycles. The molecule has 0 aliphatic carbocycles. The van der Waals surface area contributed by atoms with Crippen LogP contribution in [0.1, 0.15) is 33.4 Å². The van der Waals surface area contributed by atoms with Gasteiger partial charge in [-0.15, -0.1) is 0 Å². The molecule has 3 aromatic heterocycles. The molecule has 0 bridgehead atoms. The molecule has 330 valence electrons. The van der Waals surface area contributed by atoms with Crippen molar-refractivity contribution in [3.8, 4) is 79.9 Å². The van der Waals surface area contributed by atoms with Crippen molar-refractivity contribution in [3.63, 3.8) is 0 Å². The molecule has 0 unspecified atom stereocenters. The molecular weight excluding hydrogens is 855 g/mol. The van der Waals surface area contributed by atoms with E-state index in [1.165, 1.54) is 43.8 Å². The Hall–Kier alpha value is -9.43. The maximum atomic E-state index is 9.70. The number of aryl methyl sites for hydroxylation is 4. The van der Waals surface area contributed by atoms with Crippen LogP contribution in [0.5, 0.6) is 0 Å². The third kappa shape index (κ3) is 7.17. The van der Waals surface area contributed by atoms with E-state index >= 15 is 0 Å². The normalized spacial score (nSPS) is 11.4. The zero-order valence-electron chi connectivity index (χ0n) is 39.0. The van der Waals surface area contributed by atoms with Crippen LogP contribution in [0, 0.1) is 50.4 Å². The van der Waals surface area contributed by atoms with E-state index in [0.29, 0.717) is 28.6 Å². The SMILES string of the molecule is Cc1ccc2c(c1)c1cc(C)ccc1n2-c1ccc(-c2ccc(C#N)cc2)cc1-c1nc(-c2ccccc2)nc(-c2cc(-c3ccc(C#N)cc3)ccc2-n2c3ccc(C)cc3c3cc(C)ccc32)n1. The molecule has 0 aliphatic rings. The Bertz CT molecular complexity index is 3800. The van der Waals surface area contributed by atoms with Crippen molar-refractivity contribution in [2.45, 2.75) is 27.7 Å². The third-order valence-corrected chi connectivity index (χ3v) is 13.5. The highest BCUT2D eigenvalue weighted by molar-refractivity contribution is 6.11. The monoisotopic (exact) mass is 897 g/mol. The molecule has 7 nitrogen and oxygen atoms in total. The summed E-state index contributed by atoms with van der Waals surface area (Å²) in [4.78, 5) is 16.4. The number of hydrogen-bond acceptors (Lipinski definition) is 5. The Kier molecular flexibility index (Phi) is 10.0. The first-order valence-electron chi connectivity index (χ1n) is 23.4. The Morgan fingerprint density at radius 1 is 0.329 bits per heavy atom. The molecule has 7 heteroatoms. The van der Waals surface area contributed by atoms with Crippen molar-refractivity contribution in [2.24, 2.45) is 0 Å². The molecule has 12 rings (SSSR count). The number of aromatic nitrogens is 5. The van der Waals surface area contributed by atoms with Gasteiger partial charge in [-0.2, -0.15) is 10.5 Å². The lowest BCUT2D eigenvalue weighted by Crippen LogP contribution is -2.06. The minimum absolute atomic E-state index is 0.506. The van der Waals surface area contributed by atoms with E-state index in [9.17, 15) is 10.5 Å². The van der Waals surface area contributed by atoms with Crippen molar-refractivity contribution in [2.75, 3.05) is 0 Å². The summed E-state index contributed by atoms with van der Waals surface area (Å²) >= 11 is 0. The molecule has 0 N–H and O–H groups in total. The van der Waals surface area contributed by atoms with Crippen LogP contribution in [0.15, 0.2) is 188 Å². The summed E-state index contributed by atoms with van der Waals surface area (Å²) in [5.74, 6) is 1.55. The Morgan fingerprint density at radius 2 is 0.671 bits per heavy atom. The van der Waals surface area contributed by atoms with Gasteiger partial charge in [0.25, 0.3) is 0 Å². The zero-order chi connectivity index (χ0) is 47.6. The average Bonchev–Trinajstić information content (AvgIpc) is 3.88. The first-order chi connectivity index (χ1) is 34.2. The zero-order valence-corrected chi connectivity index (χ0v) is 39.0. The summed E-state index contributed by atoms with van der Waals surface area (Å²) < 4.78 is 4.68. The van der Waals surface area contributed by atoms with E-state index in [-0.39, 0.29) is 0 Å². The maximum Gasteiger partial charge on any atom is 0.166 e. The fourth-order valence-corrected chi connectivity index (χ4v) is 10.0. The van der Waals surface area contributed by atoms with Crippen LogP contribution in [0.3, 0.4) is 0 Å². The smallest absolute Gasteiger partial charge is 0.166 e. The number of benzene rings is 9. The van der Waals surface area contributed by atoms with Crippen LogP contribution in [-0.2, 0) is 0 Å². The van der Waals surface area contributed by atoms with E-state index in [0.717, 1.165) is 72.4 Å². The van der Waals surface area contributed by atoms with Crippen molar-refractivity contribution in [3.05, 3.63) is 221 Å². The summed E-state index contributed by atoms with van der Waals surface area (Å²) in [6.45, 7) is 8.55. The van der Waals surface area contributed by atoms with Crippen LogP contribution < -0.4 is 0 Å². The largest absolute Gasteiger partial charge is 0.309 e. The molecule has 0 spiro atoms. The van der Waals surface area contributed by atoms with E-state index in [1.807, 2.05) is 78.9 Å². The highest BCUT2D eigenvalue weighted by atomic mass is 15.1. The fourth-order valence-electron chi connectivity index (χ4n) is 10.0. The van der Waals surface area contributed by atoms with Gasteiger partial charge in [0, 0.05) is 38.2 Å². The standard InChI is InChI=1S/C63H43N7/c1-38-10-24-55-49(30-38)50-31-39(2)11-25-56(50)69(55)59-28-22-47(44-18-14-42(36-64)15-19-44)34-53(59)62-66-61(46-8-6-5-7-9-46)67-63(68-62)54-35-48(45-20-16-43(37-65)17-21-45)23-29-60(54)70-57-26-12-40(3)32-51(57)52-33-41(4)13-27-58(52)70/h5-35H,1-4H3. The molecule has 3 heterocycles. The summed E-state index contributed by atoms with van der Waals surface area (Å²) in [6.07, 6.45) is 0. The lowest BCUT2D eigenvalue weighted by atomic mass is 9.99. The van der Waals surface area contributed by atoms with Crippen molar-refractivity contribution < 1.29 is 0 Å². The molecule has 0 amide bonds. The summed E-state index contributed by atoms with van der Waals surface area (Å²) in [6, 6.07) is 69.6. The van der Waals surface area contributed by atoms with Gasteiger partial charge < -0.3 is 9.13 Å². The number of fused-ring (bicyclic) bond motifs is 6. The van der Waals surface area contributed by atoms with Crippen LogP contribution in [0.25, 0.3) is 111 Å². The minimum Gasteiger partial charge on any atom is -0.309 e. The Morgan fingerprint density at radius 3 is 1.03 bits per heavy atom. The van der Waals surface area contributed by atoms with Gasteiger partial charge in [-0.25, -0.2) is 15.0 Å². The predicted molar refractivity (Wildman–Crippen MR) is 284 cm³/mol. The topological polar surface area (TPSA) is 96.1 Å². The third-order valence-electron chi connectivity index (χ3n) is 13.5. The van der Waals surface area contributed by atoms with Gasteiger partial charge in [0.05, 0.1) is 56.7 Å². The van der Waals surface area contributed by atoms with Crippen molar-refractivity contribution >= 4 is 43.6 Å². The molecule has 0 saturated carbocycles. The van der Waals surface area contributed by atoms with Gasteiger partial charge in [-0.3, -0.25) is 0 Å². The molecule has 0 saturated heterocycles. The number of rotatable bonds is 7. The van der Waals surface area contributed by atoms with E-state index in [4.69, 9.17) is 15.0 Å². The van der Waals surface area contributed by atoms with Crippen molar-refractivity contribution in [1.29, 1.82) is 10.5 Å². The second-order valence-corrected chi connectivity index (χ2v) is 18.3. The second kappa shape index (κ2) is 16.7. The Balaban J connectivity index is 1.19.